The van der Waals surface area contributed by atoms with E-state index in [0.29, 0.717) is 6.42 Å². The minimum Gasteiger partial charge on any atom is -0.507 e. The van der Waals surface area contributed by atoms with Gasteiger partial charge in [0.05, 0.1) is 42.0 Å². The Morgan fingerprint density at radius 3 is 2.56 bits per heavy atom. The normalized spacial score (nSPS) is 29.8. The summed E-state index contributed by atoms with van der Waals surface area (Å²) < 4.78 is 23.0. The Kier molecular flexibility index (Phi) is 10.0. The van der Waals surface area contributed by atoms with Crippen molar-refractivity contribution in [3.63, 3.8) is 0 Å². The summed E-state index contributed by atoms with van der Waals surface area (Å²) >= 11 is 0. The van der Waals surface area contributed by atoms with Crippen molar-refractivity contribution < 1.29 is 63.7 Å². The molecule has 14 nitrogen and oxygen atoms in total. The minimum absolute atomic E-state index is 0.0737. The molecule has 14 heteroatoms. The molecule has 0 spiro atoms. The van der Waals surface area contributed by atoms with Crippen LogP contribution in [0.1, 0.15) is 101 Å². The Morgan fingerprint density at radius 2 is 1.82 bits per heavy atom. The molecule has 1 heterocycles. The molecule has 7 atom stereocenters. The van der Waals surface area contributed by atoms with Crippen molar-refractivity contribution in [2.24, 2.45) is 0 Å². The maximum Gasteiger partial charge on any atom is 0.408 e. The lowest BCUT2D eigenvalue weighted by molar-refractivity contribution is -0.249. The lowest BCUT2D eigenvalue weighted by atomic mass is 9.72. The van der Waals surface area contributed by atoms with Gasteiger partial charge in [-0.05, 0) is 44.7 Å². The molecule has 6 rings (SSSR count). The van der Waals surface area contributed by atoms with Crippen molar-refractivity contribution in [3.05, 3.63) is 63.7 Å². The summed E-state index contributed by atoms with van der Waals surface area (Å²) in [7, 11) is 1.31. The third-order valence-corrected chi connectivity index (χ3v) is 10.0. The van der Waals surface area contributed by atoms with Crippen LogP contribution in [0, 0.1) is 0 Å². The highest BCUT2D eigenvalue weighted by atomic mass is 16.7. The number of Topliss-reactive ketones (excluding diaryl/α,β-unsaturated/α-hetero) is 1. The molecule has 3 aliphatic carbocycles. The Hall–Kier alpha value is -4.34. The van der Waals surface area contributed by atoms with Crippen molar-refractivity contribution in [1.29, 1.82) is 0 Å². The Bertz CT molecular complexity index is 1740. The first-order valence-electron chi connectivity index (χ1n) is 16.7. The van der Waals surface area contributed by atoms with Crippen molar-refractivity contribution >= 4 is 23.4 Å². The summed E-state index contributed by atoms with van der Waals surface area (Å²) in [4.78, 5) is 53.4. The van der Waals surface area contributed by atoms with Gasteiger partial charge in [0.15, 0.2) is 17.9 Å². The standard InChI is InChI=1S/C36H41NO13/c1-17-30(40)21(37-35(45)49-18-9-6-4-3-5-7-10-18)13-25(48-17)50-23-15-36(46,24(39)16-38)14-20-27(23)34(44)29-28(32(20)42)31(41)19-11-8-12-22(47-2)26(19)33(29)43/h6,8-9,11-12,17-18,21,23,25,30,38,40,42,44,46H,3-5,7,10,13-16H2,1-2H3,(H,37,45)/b9-6+/t17?,18?,21-,23?,25+,30?,36?/m1/s1. The van der Waals surface area contributed by atoms with Crippen LogP contribution < -0.4 is 10.1 Å². The smallest absolute Gasteiger partial charge is 0.408 e. The average molecular weight is 696 g/mol. The van der Waals surface area contributed by atoms with Gasteiger partial charge >= 0.3 is 6.09 Å². The second-order valence-corrected chi connectivity index (χ2v) is 13.3. The third kappa shape index (κ3) is 6.37. The first-order valence-corrected chi connectivity index (χ1v) is 16.7. The van der Waals surface area contributed by atoms with Crippen LogP contribution in [0.4, 0.5) is 4.79 Å². The molecule has 0 saturated carbocycles. The Balaban J connectivity index is 1.33. The topological polar surface area (TPSA) is 218 Å². The van der Waals surface area contributed by atoms with Crippen LogP contribution in [0.15, 0.2) is 30.4 Å². The number of aliphatic hydroxyl groups excluding tert-OH is 2. The van der Waals surface area contributed by atoms with Gasteiger partial charge in [0.2, 0.25) is 5.78 Å². The second-order valence-electron chi connectivity index (χ2n) is 13.3. The molecule has 2 aromatic carbocycles. The average Bonchev–Trinajstić information content (AvgIpc) is 3.07. The SMILES string of the molecule is COc1cccc2c1C(=O)c1c(O)c3c(c(O)c1C2=O)CC(O)(C(=O)CO)CC3O[C@H]1C[C@@H](NC(=O)OC2/C=C/CCCCC2)C(O)C(C)O1. The van der Waals surface area contributed by atoms with E-state index in [0.717, 1.165) is 25.7 Å². The molecule has 1 aliphatic heterocycles. The largest absolute Gasteiger partial charge is 0.507 e. The summed E-state index contributed by atoms with van der Waals surface area (Å²) in [6.07, 6.45) is 1.13. The quantitative estimate of drug-likeness (QED) is 0.155. The number of alkyl carbamates (subject to hydrolysis) is 1. The molecule has 0 bridgehead atoms. The van der Waals surface area contributed by atoms with Gasteiger partial charge in [-0.2, -0.15) is 0 Å². The Morgan fingerprint density at radius 1 is 1.06 bits per heavy atom. The van der Waals surface area contributed by atoms with Crippen LogP contribution >= 0.6 is 0 Å². The summed E-state index contributed by atoms with van der Waals surface area (Å²) in [5.41, 5.74) is -3.93. The molecule has 268 valence electrons. The summed E-state index contributed by atoms with van der Waals surface area (Å²) in [6.45, 7) is 0.487. The second kappa shape index (κ2) is 14.1. The number of carbonyl (C=O) groups is 4. The number of benzene rings is 2. The molecule has 0 aromatic heterocycles. The van der Waals surface area contributed by atoms with Gasteiger partial charge in [0, 0.05) is 36.0 Å². The van der Waals surface area contributed by atoms with E-state index in [1.54, 1.807) is 6.92 Å². The lowest BCUT2D eigenvalue weighted by Gasteiger charge is -2.42. The lowest BCUT2D eigenvalue weighted by Crippen LogP contribution is -2.56. The number of ether oxygens (including phenoxy) is 4. The van der Waals surface area contributed by atoms with Crippen molar-refractivity contribution in [1.82, 2.24) is 5.32 Å². The van der Waals surface area contributed by atoms with Crippen molar-refractivity contribution in [2.45, 2.75) is 101 Å². The van der Waals surface area contributed by atoms with E-state index in [-0.39, 0.29) is 34.4 Å². The fraction of sp³-hybridized carbons (Fsp3) is 0.500. The molecule has 5 unspecified atom stereocenters. The summed E-state index contributed by atoms with van der Waals surface area (Å²) in [5.74, 6) is -3.98. The predicted molar refractivity (Wildman–Crippen MR) is 173 cm³/mol. The molecular formula is C36H41NO13. The molecule has 0 radical (unpaired) electrons. The highest BCUT2D eigenvalue weighted by Gasteiger charge is 2.50. The third-order valence-electron chi connectivity index (χ3n) is 10.0. The molecule has 6 N–H and O–H groups in total. The van der Waals surface area contributed by atoms with E-state index >= 15 is 0 Å². The number of hydrogen-bond acceptors (Lipinski definition) is 13. The maximum absolute atomic E-state index is 13.9. The fourth-order valence-electron chi connectivity index (χ4n) is 7.41. The number of aliphatic hydroxyl groups is 3. The minimum atomic E-state index is -2.32. The number of fused-ring (bicyclic) bond motifs is 3. The number of methoxy groups -OCH3 is 1. The number of allylic oxidation sites excluding steroid dienone is 1. The zero-order valence-corrected chi connectivity index (χ0v) is 27.7. The maximum atomic E-state index is 13.9. The van der Waals surface area contributed by atoms with Gasteiger partial charge in [-0.25, -0.2) is 4.79 Å². The van der Waals surface area contributed by atoms with Crippen LogP contribution in [0.25, 0.3) is 0 Å². The van der Waals surface area contributed by atoms with Crippen LogP contribution in [0.2, 0.25) is 0 Å². The Labute approximate surface area is 287 Å². The molecule has 4 aliphatic rings. The number of phenolic OH excluding ortho intramolecular Hbond substituents is 2. The number of hydrogen-bond donors (Lipinski definition) is 6. The number of phenols is 2. The van der Waals surface area contributed by atoms with E-state index in [9.17, 15) is 44.7 Å². The predicted octanol–water partition coefficient (Wildman–Crippen LogP) is 2.66. The van der Waals surface area contributed by atoms with Gasteiger partial charge in [0.25, 0.3) is 0 Å². The fourth-order valence-corrected chi connectivity index (χ4v) is 7.41. The van der Waals surface area contributed by atoms with Gasteiger partial charge in [-0.1, -0.05) is 24.6 Å². The number of amides is 1. The van der Waals surface area contributed by atoms with E-state index in [2.05, 4.69) is 5.32 Å². The van der Waals surface area contributed by atoms with Crippen LogP contribution in [0.5, 0.6) is 17.2 Å². The molecule has 1 amide bonds. The molecule has 1 saturated heterocycles. The number of aromatic hydroxyl groups is 2. The molecule has 50 heavy (non-hydrogen) atoms. The molecule has 1 fully saturated rings. The molecular weight excluding hydrogens is 654 g/mol. The molecule has 2 aromatic rings. The number of carbonyl (C=O) groups excluding carboxylic acids is 4. The number of ketones is 3. The van der Waals surface area contributed by atoms with Gasteiger partial charge in [0.1, 0.15) is 41.7 Å². The van der Waals surface area contributed by atoms with Gasteiger partial charge in [-0.15, -0.1) is 0 Å². The summed E-state index contributed by atoms with van der Waals surface area (Å²) in [6, 6.07) is 3.41. The van der Waals surface area contributed by atoms with Crippen LogP contribution in [-0.2, 0) is 25.4 Å². The first-order chi connectivity index (χ1) is 23.9. The van der Waals surface area contributed by atoms with E-state index < -0.39 is 108 Å². The highest BCUT2D eigenvalue weighted by Crippen LogP contribution is 2.52. The van der Waals surface area contributed by atoms with Crippen LogP contribution in [-0.4, -0.2) is 98.9 Å². The van der Waals surface area contributed by atoms with E-state index in [1.807, 2.05) is 12.2 Å². The highest BCUT2D eigenvalue weighted by molar-refractivity contribution is 6.31. The zero-order chi connectivity index (χ0) is 35.9. The van der Waals surface area contributed by atoms with Crippen molar-refractivity contribution in [2.75, 3.05) is 13.7 Å². The van der Waals surface area contributed by atoms with Gasteiger partial charge in [-0.3, -0.25) is 14.4 Å². The zero-order valence-electron chi connectivity index (χ0n) is 27.7. The summed E-state index contributed by atoms with van der Waals surface area (Å²) in [5, 5.41) is 58.1. The van der Waals surface area contributed by atoms with Crippen molar-refractivity contribution in [3.8, 4) is 17.2 Å². The number of nitrogens with one attached hydrogen (secondary N) is 1. The monoisotopic (exact) mass is 695 g/mol. The first kappa shape index (κ1) is 35.5. The van der Waals surface area contributed by atoms with Gasteiger partial charge < -0.3 is 49.8 Å². The van der Waals surface area contributed by atoms with E-state index in [4.69, 9.17) is 18.9 Å². The number of rotatable bonds is 7. The van der Waals surface area contributed by atoms with E-state index in [1.165, 1.54) is 25.3 Å². The van der Waals surface area contributed by atoms with Crippen LogP contribution in [0.3, 0.4) is 0 Å².